The number of pyridine rings is 1. The van der Waals surface area contributed by atoms with E-state index in [1.807, 2.05) is 44.4 Å². The van der Waals surface area contributed by atoms with Gasteiger partial charge in [-0.1, -0.05) is 30.3 Å². The Kier molecular flexibility index (Phi) is 5.15. The van der Waals surface area contributed by atoms with E-state index in [4.69, 9.17) is 0 Å². The predicted molar refractivity (Wildman–Crippen MR) is 116 cm³/mol. The summed E-state index contributed by atoms with van der Waals surface area (Å²) in [5.41, 5.74) is 2.97. The van der Waals surface area contributed by atoms with Crippen molar-refractivity contribution in [2.24, 2.45) is 5.92 Å². The highest BCUT2D eigenvalue weighted by Crippen LogP contribution is 2.32. The molecule has 0 bridgehead atoms. The lowest BCUT2D eigenvalue weighted by Gasteiger charge is -2.17. The first kappa shape index (κ1) is 19.1. The number of likely N-dealkylation sites (tertiary alicyclic amines) is 1. The minimum absolute atomic E-state index is 0.00780. The van der Waals surface area contributed by atoms with Crippen molar-refractivity contribution in [1.82, 2.24) is 19.0 Å². The summed E-state index contributed by atoms with van der Waals surface area (Å²) in [6, 6.07) is 14.2. The first-order valence-electron chi connectivity index (χ1n) is 11.1. The molecule has 0 spiro atoms. The summed E-state index contributed by atoms with van der Waals surface area (Å²) in [7, 11) is 0. The molecule has 2 aromatic heterocycles. The Hall–Kier alpha value is -2.89. The number of hydrogen-bond acceptors (Lipinski definition) is 3. The Morgan fingerprint density at radius 3 is 2.70 bits per heavy atom. The third kappa shape index (κ3) is 3.78. The van der Waals surface area contributed by atoms with Crippen molar-refractivity contribution in [3.63, 3.8) is 0 Å². The van der Waals surface area contributed by atoms with E-state index < -0.39 is 0 Å². The quantitative estimate of drug-likeness (QED) is 0.606. The Labute approximate surface area is 176 Å². The van der Waals surface area contributed by atoms with Crippen LogP contribution in [0.1, 0.15) is 43.7 Å². The van der Waals surface area contributed by atoms with Gasteiger partial charge in [-0.2, -0.15) is 0 Å². The smallest absolute Gasteiger partial charge is 0.330 e. The molecule has 0 N–H and O–H groups in total. The molecule has 156 valence electrons. The fourth-order valence-electron chi connectivity index (χ4n) is 4.60. The number of aryl methyl sites for hydroxylation is 1. The molecule has 1 unspecified atom stereocenters. The largest absolute Gasteiger partial charge is 0.341 e. The van der Waals surface area contributed by atoms with Crippen LogP contribution in [0.25, 0.3) is 11.2 Å². The van der Waals surface area contributed by atoms with Crippen LogP contribution < -0.4 is 5.69 Å². The van der Waals surface area contributed by atoms with Crippen LogP contribution >= 0.6 is 0 Å². The van der Waals surface area contributed by atoms with Gasteiger partial charge in [0.05, 0.1) is 11.6 Å². The van der Waals surface area contributed by atoms with Crippen LogP contribution in [0.3, 0.4) is 0 Å². The van der Waals surface area contributed by atoms with Gasteiger partial charge in [0.2, 0.25) is 5.91 Å². The van der Waals surface area contributed by atoms with Crippen molar-refractivity contribution in [3.8, 4) is 0 Å². The van der Waals surface area contributed by atoms with Gasteiger partial charge < -0.3 is 4.90 Å². The van der Waals surface area contributed by atoms with Crippen molar-refractivity contribution in [2.75, 3.05) is 13.1 Å². The number of nitrogens with zero attached hydrogens (tertiary/aromatic N) is 4. The number of carbonyl (C=O) groups is 1. The summed E-state index contributed by atoms with van der Waals surface area (Å²) in [5.74, 6) is 0.810. The van der Waals surface area contributed by atoms with Gasteiger partial charge in [0, 0.05) is 32.3 Å². The van der Waals surface area contributed by atoms with E-state index in [1.165, 1.54) is 18.4 Å². The first-order valence-corrected chi connectivity index (χ1v) is 11.1. The average molecular weight is 405 g/mol. The number of hydrogen-bond donors (Lipinski definition) is 0. The van der Waals surface area contributed by atoms with E-state index in [1.54, 1.807) is 6.20 Å². The van der Waals surface area contributed by atoms with Crippen LogP contribution in [0, 0.1) is 5.92 Å². The molecule has 1 saturated carbocycles. The maximum atomic E-state index is 13.2. The second kappa shape index (κ2) is 8.09. The normalized spacial score (nSPS) is 18.9. The molecule has 1 aliphatic carbocycles. The zero-order valence-corrected chi connectivity index (χ0v) is 17.2. The van der Waals surface area contributed by atoms with Gasteiger partial charge in [-0.05, 0) is 55.7 Å². The summed E-state index contributed by atoms with van der Waals surface area (Å²) in [6.45, 7) is 2.09. The number of benzene rings is 1. The van der Waals surface area contributed by atoms with E-state index in [0.717, 1.165) is 37.0 Å². The lowest BCUT2D eigenvalue weighted by Crippen LogP contribution is -2.32. The number of rotatable bonds is 7. The molecule has 3 heterocycles. The summed E-state index contributed by atoms with van der Waals surface area (Å²) in [6.07, 6.45) is 7.29. The SMILES string of the molecule is O=C(CCCc1ccccc1)N1CCC(n2c(=O)n(CC3CC3)c3cccnc32)C1. The van der Waals surface area contributed by atoms with Gasteiger partial charge >= 0.3 is 5.69 Å². The molecule has 1 atom stereocenters. The monoisotopic (exact) mass is 404 g/mol. The molecular formula is C24H28N4O2. The Morgan fingerprint density at radius 1 is 1.07 bits per heavy atom. The lowest BCUT2D eigenvalue weighted by molar-refractivity contribution is -0.130. The van der Waals surface area contributed by atoms with Crippen molar-refractivity contribution < 1.29 is 4.79 Å². The summed E-state index contributed by atoms with van der Waals surface area (Å²) >= 11 is 0. The van der Waals surface area contributed by atoms with Gasteiger partial charge in [-0.25, -0.2) is 9.78 Å². The van der Waals surface area contributed by atoms with Gasteiger partial charge in [-0.3, -0.25) is 13.9 Å². The maximum Gasteiger partial charge on any atom is 0.330 e. The van der Waals surface area contributed by atoms with Crippen LogP contribution in [-0.4, -0.2) is 38.0 Å². The molecule has 2 aliphatic rings. The van der Waals surface area contributed by atoms with E-state index in [0.29, 0.717) is 25.4 Å². The number of fused-ring (bicyclic) bond motifs is 1. The Bertz CT molecular complexity index is 1100. The summed E-state index contributed by atoms with van der Waals surface area (Å²) < 4.78 is 3.74. The van der Waals surface area contributed by atoms with Gasteiger partial charge in [0.15, 0.2) is 5.65 Å². The predicted octanol–water partition coefficient (Wildman–Crippen LogP) is 3.40. The number of carbonyl (C=O) groups excluding carboxylic acids is 1. The molecule has 1 amide bonds. The molecule has 3 aromatic rings. The van der Waals surface area contributed by atoms with Gasteiger partial charge in [0.1, 0.15) is 0 Å². The first-order chi connectivity index (χ1) is 14.7. The van der Waals surface area contributed by atoms with E-state index >= 15 is 0 Å². The standard InChI is InChI=1S/C24H28N4O2/c29-22(10-4-8-18-6-2-1-3-7-18)26-15-13-20(17-26)28-23-21(9-5-14-25-23)27(24(28)30)16-19-11-12-19/h1-3,5-7,9,14,19-20H,4,8,10-13,15-17H2. The zero-order valence-electron chi connectivity index (χ0n) is 17.2. The Balaban J connectivity index is 1.27. The third-order valence-corrected chi connectivity index (χ3v) is 6.44. The fraction of sp³-hybridized carbons (Fsp3) is 0.458. The highest BCUT2D eigenvalue weighted by atomic mass is 16.2. The van der Waals surface area contributed by atoms with E-state index in [-0.39, 0.29) is 17.6 Å². The van der Waals surface area contributed by atoms with Crippen molar-refractivity contribution in [2.45, 2.75) is 51.1 Å². The Morgan fingerprint density at radius 2 is 1.90 bits per heavy atom. The second-order valence-electron chi connectivity index (χ2n) is 8.67. The zero-order chi connectivity index (χ0) is 20.5. The van der Waals surface area contributed by atoms with Crippen molar-refractivity contribution >= 4 is 17.1 Å². The number of aromatic nitrogens is 3. The van der Waals surface area contributed by atoms with E-state index in [2.05, 4.69) is 17.1 Å². The van der Waals surface area contributed by atoms with Crippen LogP contribution in [0.15, 0.2) is 53.5 Å². The van der Waals surface area contributed by atoms with Crippen LogP contribution in [0.2, 0.25) is 0 Å². The third-order valence-electron chi connectivity index (χ3n) is 6.44. The minimum Gasteiger partial charge on any atom is -0.341 e. The second-order valence-corrected chi connectivity index (χ2v) is 8.67. The average Bonchev–Trinajstić information content (AvgIpc) is 3.39. The van der Waals surface area contributed by atoms with Crippen molar-refractivity contribution in [1.29, 1.82) is 0 Å². The van der Waals surface area contributed by atoms with Crippen molar-refractivity contribution in [3.05, 3.63) is 64.7 Å². The molecule has 1 aromatic carbocycles. The number of amides is 1. The summed E-state index contributed by atoms with van der Waals surface area (Å²) in [5, 5.41) is 0. The lowest BCUT2D eigenvalue weighted by atomic mass is 10.1. The topological polar surface area (TPSA) is 60.1 Å². The van der Waals surface area contributed by atoms with Crippen LogP contribution in [0.5, 0.6) is 0 Å². The fourth-order valence-corrected chi connectivity index (χ4v) is 4.60. The molecule has 1 aliphatic heterocycles. The molecule has 2 fully saturated rings. The summed E-state index contributed by atoms with van der Waals surface area (Å²) in [4.78, 5) is 32.4. The van der Waals surface area contributed by atoms with Gasteiger partial charge in [0.25, 0.3) is 0 Å². The highest BCUT2D eigenvalue weighted by molar-refractivity contribution is 5.76. The molecule has 30 heavy (non-hydrogen) atoms. The molecule has 5 rings (SSSR count). The highest BCUT2D eigenvalue weighted by Gasteiger charge is 2.32. The molecule has 6 heteroatoms. The number of imidazole rings is 1. The minimum atomic E-state index is 0.00780. The van der Waals surface area contributed by atoms with E-state index in [9.17, 15) is 9.59 Å². The maximum absolute atomic E-state index is 13.2. The van der Waals surface area contributed by atoms with Gasteiger partial charge in [-0.15, -0.1) is 0 Å². The molecule has 0 radical (unpaired) electrons. The van der Waals surface area contributed by atoms with Crippen LogP contribution in [0.4, 0.5) is 0 Å². The van der Waals surface area contributed by atoms with Crippen LogP contribution in [-0.2, 0) is 17.8 Å². The molecule has 1 saturated heterocycles. The molecular weight excluding hydrogens is 376 g/mol. The molecule has 6 nitrogen and oxygen atoms in total.